The van der Waals surface area contributed by atoms with Gasteiger partial charge in [-0.05, 0) is 43.5 Å². The molecule has 1 aliphatic rings. The third kappa shape index (κ3) is 4.55. The fraction of sp³-hybridized carbons (Fsp3) is 0.304. The van der Waals surface area contributed by atoms with Crippen LogP contribution < -0.4 is 5.69 Å². The predicted molar refractivity (Wildman–Crippen MR) is 121 cm³/mol. The van der Waals surface area contributed by atoms with Crippen molar-refractivity contribution in [2.24, 2.45) is 7.05 Å². The van der Waals surface area contributed by atoms with Gasteiger partial charge in [-0.1, -0.05) is 48.0 Å². The van der Waals surface area contributed by atoms with E-state index in [2.05, 4.69) is 5.10 Å². The molecule has 0 saturated carbocycles. The summed E-state index contributed by atoms with van der Waals surface area (Å²) in [4.78, 5) is 12.6. The quantitative estimate of drug-likeness (QED) is 0.613. The van der Waals surface area contributed by atoms with Crippen molar-refractivity contribution < 1.29 is 8.42 Å². The van der Waals surface area contributed by atoms with E-state index in [9.17, 15) is 13.2 Å². The summed E-state index contributed by atoms with van der Waals surface area (Å²) >= 11 is 0. The second-order valence-corrected chi connectivity index (χ2v) is 9.69. The zero-order chi connectivity index (χ0) is 22.0. The van der Waals surface area contributed by atoms with E-state index in [0.29, 0.717) is 31.8 Å². The van der Waals surface area contributed by atoms with E-state index in [1.54, 1.807) is 17.7 Å². The monoisotopic (exact) mass is 438 g/mol. The minimum Gasteiger partial charge on any atom is -0.247 e. The molecule has 0 unspecified atom stereocenters. The van der Waals surface area contributed by atoms with Crippen molar-refractivity contribution in [1.29, 1.82) is 0 Å². The maximum absolute atomic E-state index is 12.8. The Balaban J connectivity index is 1.50. The van der Waals surface area contributed by atoms with E-state index in [-0.39, 0.29) is 11.6 Å². The predicted octanol–water partition coefficient (Wildman–Crippen LogP) is 3.06. The van der Waals surface area contributed by atoms with Gasteiger partial charge in [-0.3, -0.25) is 0 Å². The van der Waals surface area contributed by atoms with Gasteiger partial charge in [0.05, 0.1) is 5.69 Å². The lowest BCUT2D eigenvalue weighted by Gasteiger charge is -2.29. The molecule has 1 aromatic heterocycles. The Hall–Kier alpha value is -2.97. The van der Waals surface area contributed by atoms with Crippen LogP contribution in [-0.2, 0) is 17.1 Å². The van der Waals surface area contributed by atoms with Crippen molar-refractivity contribution >= 4 is 16.1 Å². The van der Waals surface area contributed by atoms with Crippen molar-refractivity contribution in [3.8, 4) is 5.69 Å². The first-order chi connectivity index (χ1) is 14.8. The number of hydrogen-bond acceptors (Lipinski definition) is 4. The summed E-state index contributed by atoms with van der Waals surface area (Å²) in [6.07, 6.45) is 2.86. The lowest BCUT2D eigenvalue weighted by molar-refractivity contribution is 0.314. The van der Waals surface area contributed by atoms with Crippen LogP contribution in [0.4, 0.5) is 0 Å². The Morgan fingerprint density at radius 3 is 2.29 bits per heavy atom. The van der Waals surface area contributed by atoms with E-state index in [1.807, 2.05) is 61.5 Å². The van der Waals surface area contributed by atoms with E-state index in [1.165, 1.54) is 14.4 Å². The summed E-state index contributed by atoms with van der Waals surface area (Å²) in [5.41, 5.74) is 2.55. The van der Waals surface area contributed by atoms with Gasteiger partial charge in [0.2, 0.25) is 10.0 Å². The third-order valence-electron chi connectivity index (χ3n) is 5.65. The fourth-order valence-electron chi connectivity index (χ4n) is 3.86. The maximum Gasteiger partial charge on any atom is 0.350 e. The number of piperidine rings is 1. The molecule has 2 heterocycles. The molecule has 1 fully saturated rings. The highest BCUT2D eigenvalue weighted by Gasteiger charge is 2.30. The highest BCUT2D eigenvalue weighted by molar-refractivity contribution is 7.92. The number of rotatable bonds is 5. The summed E-state index contributed by atoms with van der Waals surface area (Å²) in [5, 5.41) is 5.74. The molecule has 0 amide bonds. The summed E-state index contributed by atoms with van der Waals surface area (Å²) in [6.45, 7) is 2.78. The van der Waals surface area contributed by atoms with Crippen LogP contribution in [0.1, 0.15) is 35.7 Å². The van der Waals surface area contributed by atoms with E-state index in [0.717, 1.165) is 16.8 Å². The molecule has 1 saturated heterocycles. The van der Waals surface area contributed by atoms with Gasteiger partial charge in [0.15, 0.2) is 0 Å². The number of benzene rings is 2. The Morgan fingerprint density at radius 1 is 1.00 bits per heavy atom. The van der Waals surface area contributed by atoms with Gasteiger partial charge in [-0.2, -0.15) is 9.40 Å². The Bertz CT molecular complexity index is 1230. The summed E-state index contributed by atoms with van der Waals surface area (Å²) in [6, 6.07) is 17.1. The lowest BCUT2D eigenvalue weighted by Crippen LogP contribution is -2.37. The van der Waals surface area contributed by atoms with Crippen LogP contribution in [0, 0.1) is 6.92 Å². The van der Waals surface area contributed by atoms with E-state index < -0.39 is 10.0 Å². The molecule has 31 heavy (non-hydrogen) atoms. The molecule has 0 atom stereocenters. The molecule has 0 aliphatic carbocycles. The third-order valence-corrected chi connectivity index (χ3v) is 7.22. The second-order valence-electron chi connectivity index (χ2n) is 7.87. The molecule has 2 aromatic carbocycles. The molecule has 3 aromatic rings. The van der Waals surface area contributed by atoms with Crippen LogP contribution in [0.2, 0.25) is 0 Å². The highest BCUT2D eigenvalue weighted by atomic mass is 32.2. The van der Waals surface area contributed by atoms with Gasteiger partial charge in [0, 0.05) is 31.5 Å². The van der Waals surface area contributed by atoms with Crippen molar-refractivity contribution in [3.05, 3.63) is 87.4 Å². The van der Waals surface area contributed by atoms with Crippen molar-refractivity contribution in [3.63, 3.8) is 0 Å². The van der Waals surface area contributed by atoms with Crippen molar-refractivity contribution in [1.82, 2.24) is 18.7 Å². The second kappa shape index (κ2) is 8.64. The van der Waals surface area contributed by atoms with Crippen LogP contribution in [0.3, 0.4) is 0 Å². The minimum absolute atomic E-state index is 0.0154. The average molecular weight is 439 g/mol. The lowest BCUT2D eigenvalue weighted by atomic mass is 9.97. The fourth-order valence-corrected chi connectivity index (χ4v) is 5.09. The van der Waals surface area contributed by atoms with Gasteiger partial charge < -0.3 is 0 Å². The largest absolute Gasteiger partial charge is 0.350 e. The number of aryl methyl sites for hydroxylation is 2. The number of nitrogens with zero attached hydrogens (tertiary/aromatic N) is 4. The van der Waals surface area contributed by atoms with Crippen LogP contribution in [0.25, 0.3) is 11.8 Å². The number of sulfonamides is 1. The van der Waals surface area contributed by atoms with Crippen molar-refractivity contribution in [2.75, 3.05) is 13.1 Å². The van der Waals surface area contributed by atoms with Gasteiger partial charge in [0.1, 0.15) is 5.82 Å². The normalized spacial score (nSPS) is 16.2. The van der Waals surface area contributed by atoms with Gasteiger partial charge in [-0.25, -0.2) is 22.5 Å². The number of para-hydroxylation sites is 1. The Labute approximate surface area is 182 Å². The first-order valence-electron chi connectivity index (χ1n) is 10.3. The van der Waals surface area contributed by atoms with Crippen LogP contribution in [0.15, 0.2) is 64.8 Å². The molecule has 4 rings (SSSR count). The van der Waals surface area contributed by atoms with Gasteiger partial charge in [0.25, 0.3) is 0 Å². The van der Waals surface area contributed by atoms with E-state index >= 15 is 0 Å². The molecule has 162 valence electrons. The van der Waals surface area contributed by atoms with E-state index in [4.69, 9.17) is 0 Å². The summed E-state index contributed by atoms with van der Waals surface area (Å²) in [7, 11) is -1.86. The zero-order valence-electron chi connectivity index (χ0n) is 17.7. The van der Waals surface area contributed by atoms with Gasteiger partial charge >= 0.3 is 5.69 Å². The summed E-state index contributed by atoms with van der Waals surface area (Å²) < 4.78 is 30.0. The smallest absolute Gasteiger partial charge is 0.247 e. The topological polar surface area (TPSA) is 77.2 Å². The van der Waals surface area contributed by atoms with Crippen molar-refractivity contribution in [2.45, 2.75) is 25.7 Å². The minimum atomic E-state index is -3.50. The zero-order valence-corrected chi connectivity index (χ0v) is 18.5. The molecular formula is C23H26N4O3S. The van der Waals surface area contributed by atoms with Gasteiger partial charge in [-0.15, -0.1) is 0 Å². The standard InChI is InChI=1S/C23H26N4O3S/c1-18-8-10-19(11-9-18)14-17-31(29,30)26-15-12-20(13-16-26)22-24-25(2)23(28)27(22)21-6-4-3-5-7-21/h3-11,14,17,20H,12-13,15-16H2,1-2H3/b17-14+. The Morgan fingerprint density at radius 2 is 1.65 bits per heavy atom. The molecule has 0 spiro atoms. The molecule has 0 N–H and O–H groups in total. The molecule has 7 nitrogen and oxygen atoms in total. The van der Waals surface area contributed by atoms with Crippen LogP contribution in [-0.4, -0.2) is 40.2 Å². The maximum atomic E-state index is 12.8. The average Bonchev–Trinajstić information content (AvgIpc) is 3.08. The molecule has 1 aliphatic heterocycles. The molecule has 0 radical (unpaired) electrons. The molecule has 0 bridgehead atoms. The first kappa shape index (κ1) is 21.3. The SMILES string of the molecule is Cc1ccc(/C=C/S(=O)(=O)N2CCC(c3nn(C)c(=O)n3-c3ccccc3)CC2)cc1. The molecule has 8 heteroatoms. The summed E-state index contributed by atoms with van der Waals surface area (Å²) in [5.74, 6) is 0.701. The number of hydrogen-bond donors (Lipinski definition) is 0. The first-order valence-corrected chi connectivity index (χ1v) is 11.8. The highest BCUT2D eigenvalue weighted by Crippen LogP contribution is 2.29. The Kier molecular flexibility index (Phi) is 5.93. The van der Waals surface area contributed by atoms with Crippen LogP contribution in [0.5, 0.6) is 0 Å². The molecular weight excluding hydrogens is 412 g/mol. The number of aromatic nitrogens is 3. The van der Waals surface area contributed by atoms with Crippen LogP contribution >= 0.6 is 0 Å².